The molecule has 1 N–H and O–H groups in total. The lowest BCUT2D eigenvalue weighted by Gasteiger charge is -2.18. The zero-order chi connectivity index (χ0) is 18.7. The highest BCUT2D eigenvalue weighted by molar-refractivity contribution is 8.25. The van der Waals surface area contributed by atoms with Crippen LogP contribution >= 0.6 is 24.0 Å². The number of para-hydroxylation sites is 2. The fourth-order valence-corrected chi connectivity index (χ4v) is 4.15. The fourth-order valence-electron chi connectivity index (χ4n) is 2.64. The second kappa shape index (κ2) is 7.88. The molecule has 2 amide bonds. The molecular weight excluding hydrogens is 368 g/mol. The lowest BCUT2D eigenvalue weighted by atomic mass is 10.2. The summed E-state index contributed by atoms with van der Waals surface area (Å²) in [5.41, 5.74) is 2.42. The number of aryl methyl sites for hydroxylation is 1. The minimum absolute atomic E-state index is 0.0587. The van der Waals surface area contributed by atoms with Crippen molar-refractivity contribution in [3.8, 4) is 5.75 Å². The van der Waals surface area contributed by atoms with Crippen molar-refractivity contribution in [1.29, 1.82) is 0 Å². The number of methoxy groups -OCH3 is 1. The van der Waals surface area contributed by atoms with Gasteiger partial charge in [0.1, 0.15) is 15.3 Å². The van der Waals surface area contributed by atoms with Gasteiger partial charge in [-0.3, -0.25) is 14.5 Å². The van der Waals surface area contributed by atoms with Crippen LogP contribution in [0.25, 0.3) is 0 Å². The quantitative estimate of drug-likeness (QED) is 0.793. The van der Waals surface area contributed by atoms with Crippen LogP contribution in [0.15, 0.2) is 48.5 Å². The second-order valence-corrected chi connectivity index (χ2v) is 7.67. The summed E-state index contributed by atoms with van der Waals surface area (Å²) in [5.74, 6) is 0.140. The second-order valence-electron chi connectivity index (χ2n) is 5.84. The van der Waals surface area contributed by atoms with Gasteiger partial charge in [0.05, 0.1) is 12.8 Å². The Morgan fingerprint density at radius 2 is 1.92 bits per heavy atom. The smallest absolute Gasteiger partial charge is 0.246 e. The van der Waals surface area contributed by atoms with Crippen molar-refractivity contribution < 1.29 is 14.3 Å². The van der Waals surface area contributed by atoms with Gasteiger partial charge in [-0.05, 0) is 31.2 Å². The number of amides is 2. The molecule has 1 heterocycles. The van der Waals surface area contributed by atoms with Crippen molar-refractivity contribution in [3.05, 3.63) is 54.1 Å². The van der Waals surface area contributed by atoms with Crippen LogP contribution in [0.2, 0.25) is 0 Å². The number of thiocarbonyl (C=S) groups is 1. The van der Waals surface area contributed by atoms with Gasteiger partial charge in [-0.1, -0.05) is 53.8 Å². The third-order valence-electron chi connectivity index (χ3n) is 3.95. The van der Waals surface area contributed by atoms with Crippen molar-refractivity contribution in [2.45, 2.75) is 18.6 Å². The molecule has 1 unspecified atom stereocenters. The van der Waals surface area contributed by atoms with E-state index in [1.807, 2.05) is 43.3 Å². The topological polar surface area (TPSA) is 58.6 Å². The summed E-state index contributed by atoms with van der Waals surface area (Å²) in [6, 6.07) is 14.7. The van der Waals surface area contributed by atoms with E-state index >= 15 is 0 Å². The number of hydrogen-bond acceptors (Lipinski definition) is 5. The van der Waals surface area contributed by atoms with Gasteiger partial charge in [-0.2, -0.15) is 0 Å². The molecule has 1 fully saturated rings. The molecule has 1 aliphatic rings. The highest BCUT2D eigenvalue weighted by Crippen LogP contribution is 2.38. The third-order valence-corrected chi connectivity index (χ3v) is 5.46. The zero-order valence-electron chi connectivity index (χ0n) is 14.4. The first-order chi connectivity index (χ1) is 12.5. The molecule has 7 heteroatoms. The van der Waals surface area contributed by atoms with Crippen LogP contribution in [0, 0.1) is 6.92 Å². The molecule has 3 rings (SSSR count). The van der Waals surface area contributed by atoms with Crippen LogP contribution in [-0.2, 0) is 9.59 Å². The average molecular weight is 386 g/mol. The maximum Gasteiger partial charge on any atom is 0.246 e. The van der Waals surface area contributed by atoms with Gasteiger partial charge in [0, 0.05) is 12.1 Å². The van der Waals surface area contributed by atoms with Gasteiger partial charge < -0.3 is 10.1 Å². The summed E-state index contributed by atoms with van der Waals surface area (Å²) in [6.45, 7) is 1.98. The van der Waals surface area contributed by atoms with E-state index in [2.05, 4.69) is 5.32 Å². The number of ether oxygens (including phenoxy) is 1. The SMILES string of the molecule is COc1ccccc1N1C(=O)C(CC(=O)Nc2ccc(C)cc2)SC1=S. The van der Waals surface area contributed by atoms with E-state index in [-0.39, 0.29) is 18.2 Å². The Morgan fingerprint density at radius 1 is 1.23 bits per heavy atom. The Labute approximate surface area is 161 Å². The number of nitrogens with zero attached hydrogens (tertiary/aromatic N) is 1. The van der Waals surface area contributed by atoms with Crippen LogP contribution in [-0.4, -0.2) is 28.5 Å². The van der Waals surface area contributed by atoms with Gasteiger partial charge in [0.25, 0.3) is 0 Å². The summed E-state index contributed by atoms with van der Waals surface area (Å²) in [4.78, 5) is 26.6. The molecule has 5 nitrogen and oxygen atoms in total. The largest absolute Gasteiger partial charge is 0.495 e. The first-order valence-corrected chi connectivity index (χ1v) is 9.32. The number of benzene rings is 2. The summed E-state index contributed by atoms with van der Waals surface area (Å²) < 4.78 is 5.74. The van der Waals surface area contributed by atoms with Gasteiger partial charge in [-0.15, -0.1) is 0 Å². The Balaban J connectivity index is 1.70. The molecule has 0 aromatic heterocycles. The van der Waals surface area contributed by atoms with Crippen LogP contribution in [0.1, 0.15) is 12.0 Å². The van der Waals surface area contributed by atoms with Crippen molar-refractivity contribution in [2.24, 2.45) is 0 Å². The lowest BCUT2D eigenvalue weighted by Crippen LogP contribution is -2.33. The molecule has 1 atom stereocenters. The molecule has 26 heavy (non-hydrogen) atoms. The van der Waals surface area contributed by atoms with E-state index in [9.17, 15) is 9.59 Å². The predicted octanol–water partition coefficient (Wildman–Crippen LogP) is 3.77. The van der Waals surface area contributed by atoms with Gasteiger partial charge in [-0.25, -0.2) is 0 Å². The van der Waals surface area contributed by atoms with Gasteiger partial charge in [0.15, 0.2) is 0 Å². The summed E-state index contributed by atoms with van der Waals surface area (Å²) in [6.07, 6.45) is 0.0587. The van der Waals surface area contributed by atoms with Crippen molar-refractivity contribution in [2.75, 3.05) is 17.3 Å². The summed E-state index contributed by atoms with van der Waals surface area (Å²) in [5, 5.41) is 2.27. The van der Waals surface area contributed by atoms with Gasteiger partial charge >= 0.3 is 0 Å². The summed E-state index contributed by atoms with van der Waals surface area (Å²) >= 11 is 6.59. The molecule has 1 aliphatic heterocycles. The normalized spacial score (nSPS) is 16.7. The molecule has 1 saturated heterocycles. The molecular formula is C19H18N2O3S2. The molecule has 0 radical (unpaired) electrons. The Hall–Kier alpha value is -2.38. The van der Waals surface area contributed by atoms with E-state index in [1.165, 1.54) is 16.7 Å². The number of nitrogens with one attached hydrogen (secondary N) is 1. The number of rotatable bonds is 5. The number of carbonyl (C=O) groups is 2. The maximum absolute atomic E-state index is 12.8. The summed E-state index contributed by atoms with van der Waals surface area (Å²) in [7, 11) is 1.54. The average Bonchev–Trinajstić information content (AvgIpc) is 2.90. The van der Waals surface area contributed by atoms with E-state index < -0.39 is 5.25 Å². The van der Waals surface area contributed by atoms with E-state index in [1.54, 1.807) is 19.2 Å². The number of carbonyl (C=O) groups excluding carboxylic acids is 2. The number of thioether (sulfide) groups is 1. The number of anilines is 2. The lowest BCUT2D eigenvalue weighted by molar-refractivity contribution is -0.121. The van der Waals surface area contributed by atoms with Crippen LogP contribution in [0.4, 0.5) is 11.4 Å². The highest BCUT2D eigenvalue weighted by atomic mass is 32.2. The molecule has 2 aromatic carbocycles. The van der Waals surface area contributed by atoms with Crippen LogP contribution in [0.3, 0.4) is 0 Å². The molecule has 2 aromatic rings. The standard InChI is InChI=1S/C19H18N2O3S2/c1-12-7-9-13(10-8-12)20-17(22)11-16-18(23)21(19(25)26-16)14-5-3-4-6-15(14)24-2/h3-10,16H,11H2,1-2H3,(H,20,22). The third kappa shape index (κ3) is 3.89. The van der Waals surface area contributed by atoms with Crippen molar-refractivity contribution in [1.82, 2.24) is 0 Å². The fraction of sp³-hybridized carbons (Fsp3) is 0.211. The molecule has 0 spiro atoms. The Kier molecular flexibility index (Phi) is 5.58. The van der Waals surface area contributed by atoms with Crippen LogP contribution < -0.4 is 15.0 Å². The van der Waals surface area contributed by atoms with Crippen LogP contribution in [0.5, 0.6) is 5.75 Å². The van der Waals surface area contributed by atoms with Crippen molar-refractivity contribution in [3.63, 3.8) is 0 Å². The first kappa shape index (κ1) is 18.4. The highest BCUT2D eigenvalue weighted by Gasteiger charge is 2.40. The maximum atomic E-state index is 12.8. The minimum Gasteiger partial charge on any atom is -0.495 e. The van der Waals surface area contributed by atoms with Crippen molar-refractivity contribution >= 4 is 51.5 Å². The first-order valence-electron chi connectivity index (χ1n) is 8.03. The monoisotopic (exact) mass is 386 g/mol. The molecule has 0 aliphatic carbocycles. The molecule has 0 saturated carbocycles. The number of hydrogen-bond donors (Lipinski definition) is 1. The van der Waals surface area contributed by atoms with Gasteiger partial charge in [0.2, 0.25) is 11.8 Å². The Bertz CT molecular complexity index is 852. The molecule has 134 valence electrons. The van der Waals surface area contributed by atoms with E-state index in [0.717, 1.165) is 5.56 Å². The van der Waals surface area contributed by atoms with E-state index in [4.69, 9.17) is 17.0 Å². The zero-order valence-corrected chi connectivity index (χ0v) is 16.0. The molecule has 0 bridgehead atoms. The predicted molar refractivity (Wildman–Crippen MR) is 109 cm³/mol. The van der Waals surface area contributed by atoms with E-state index in [0.29, 0.717) is 21.4 Å². The minimum atomic E-state index is -0.544. The Morgan fingerprint density at radius 3 is 2.62 bits per heavy atom.